The average Bonchev–Trinajstić information content (AvgIpc) is 2.42. The summed E-state index contributed by atoms with van der Waals surface area (Å²) in [6.07, 6.45) is 2.59. The van der Waals surface area contributed by atoms with Gasteiger partial charge in [0, 0.05) is 24.9 Å². The normalized spacial score (nSPS) is 10.3. The zero-order chi connectivity index (χ0) is 12.8. The van der Waals surface area contributed by atoms with Crippen molar-refractivity contribution < 1.29 is 4.74 Å². The number of hydrogen-bond donors (Lipinski definition) is 1. The maximum atomic E-state index is 5.71. The zero-order valence-electron chi connectivity index (χ0n) is 9.97. The van der Waals surface area contributed by atoms with E-state index in [1.807, 2.05) is 36.4 Å². The van der Waals surface area contributed by atoms with E-state index in [1.54, 1.807) is 6.20 Å². The van der Waals surface area contributed by atoms with Crippen molar-refractivity contribution in [3.05, 3.63) is 58.3 Å². The lowest BCUT2D eigenvalue weighted by Gasteiger charge is -2.09. The van der Waals surface area contributed by atoms with E-state index < -0.39 is 0 Å². The second-order valence-electron chi connectivity index (χ2n) is 3.89. The van der Waals surface area contributed by atoms with Crippen LogP contribution in [-0.4, -0.2) is 11.6 Å². The molecule has 94 valence electrons. The Morgan fingerprint density at radius 3 is 2.78 bits per heavy atom. The van der Waals surface area contributed by atoms with E-state index in [9.17, 15) is 0 Å². The third kappa shape index (κ3) is 3.55. The molecule has 2 N–H and O–H groups in total. The quantitative estimate of drug-likeness (QED) is 0.924. The fraction of sp³-hybridized carbons (Fsp3) is 0.214. The van der Waals surface area contributed by atoms with Crippen LogP contribution >= 0.6 is 15.9 Å². The van der Waals surface area contributed by atoms with Gasteiger partial charge in [-0.25, -0.2) is 0 Å². The molecule has 0 aliphatic rings. The molecule has 4 heteroatoms. The van der Waals surface area contributed by atoms with Crippen LogP contribution in [0.4, 0.5) is 0 Å². The first-order valence-electron chi connectivity index (χ1n) is 5.81. The van der Waals surface area contributed by atoms with E-state index >= 15 is 0 Å². The van der Waals surface area contributed by atoms with Crippen molar-refractivity contribution in [2.75, 3.05) is 6.61 Å². The van der Waals surface area contributed by atoms with Gasteiger partial charge in [-0.1, -0.05) is 12.1 Å². The lowest BCUT2D eigenvalue weighted by atomic mass is 10.2. The van der Waals surface area contributed by atoms with Crippen LogP contribution < -0.4 is 10.5 Å². The van der Waals surface area contributed by atoms with Crippen LogP contribution in [0.3, 0.4) is 0 Å². The molecule has 0 aliphatic carbocycles. The summed E-state index contributed by atoms with van der Waals surface area (Å²) in [5.74, 6) is 0.836. The van der Waals surface area contributed by atoms with Crippen molar-refractivity contribution in [2.24, 2.45) is 5.73 Å². The maximum absolute atomic E-state index is 5.71. The Morgan fingerprint density at radius 1 is 1.22 bits per heavy atom. The zero-order valence-corrected chi connectivity index (χ0v) is 11.6. The Morgan fingerprint density at radius 2 is 2.11 bits per heavy atom. The SMILES string of the molecule is NCc1ccc(OCCc2ccccn2)c(Br)c1. The molecule has 0 fully saturated rings. The smallest absolute Gasteiger partial charge is 0.133 e. The van der Waals surface area contributed by atoms with Crippen molar-refractivity contribution in [3.63, 3.8) is 0 Å². The number of benzene rings is 1. The van der Waals surface area contributed by atoms with Gasteiger partial charge in [-0.05, 0) is 45.8 Å². The predicted molar refractivity (Wildman–Crippen MR) is 75.5 cm³/mol. The minimum absolute atomic E-state index is 0.535. The lowest BCUT2D eigenvalue weighted by Crippen LogP contribution is -2.03. The van der Waals surface area contributed by atoms with Crippen molar-refractivity contribution in [3.8, 4) is 5.75 Å². The molecule has 0 saturated heterocycles. The highest BCUT2D eigenvalue weighted by Crippen LogP contribution is 2.25. The number of nitrogens with zero attached hydrogens (tertiary/aromatic N) is 1. The second kappa shape index (κ2) is 6.52. The minimum atomic E-state index is 0.535. The molecule has 1 aromatic carbocycles. The largest absolute Gasteiger partial charge is 0.492 e. The Balaban J connectivity index is 1.91. The number of rotatable bonds is 5. The van der Waals surface area contributed by atoms with Crippen molar-refractivity contribution in [1.29, 1.82) is 0 Å². The van der Waals surface area contributed by atoms with E-state index in [0.29, 0.717) is 13.2 Å². The highest BCUT2D eigenvalue weighted by Gasteiger charge is 2.02. The molecule has 0 radical (unpaired) electrons. The van der Waals surface area contributed by atoms with Gasteiger partial charge in [0.2, 0.25) is 0 Å². The summed E-state index contributed by atoms with van der Waals surface area (Å²) < 4.78 is 6.65. The number of ether oxygens (including phenoxy) is 1. The molecular weight excluding hydrogens is 292 g/mol. The number of pyridine rings is 1. The van der Waals surface area contributed by atoms with Crippen molar-refractivity contribution in [1.82, 2.24) is 4.98 Å². The van der Waals surface area contributed by atoms with Crippen LogP contribution in [0.15, 0.2) is 47.1 Å². The van der Waals surface area contributed by atoms with Gasteiger partial charge in [0.15, 0.2) is 0 Å². The van der Waals surface area contributed by atoms with Gasteiger partial charge >= 0.3 is 0 Å². The summed E-state index contributed by atoms with van der Waals surface area (Å²) in [5, 5.41) is 0. The molecule has 0 bridgehead atoms. The molecule has 2 aromatic rings. The summed E-state index contributed by atoms with van der Waals surface area (Å²) in [6, 6.07) is 11.8. The van der Waals surface area contributed by atoms with E-state index in [4.69, 9.17) is 10.5 Å². The average molecular weight is 307 g/mol. The third-order valence-corrected chi connectivity index (χ3v) is 3.19. The second-order valence-corrected chi connectivity index (χ2v) is 4.74. The Kier molecular flexibility index (Phi) is 4.73. The van der Waals surface area contributed by atoms with Gasteiger partial charge in [-0.3, -0.25) is 4.98 Å². The summed E-state index contributed by atoms with van der Waals surface area (Å²) in [4.78, 5) is 4.25. The summed E-state index contributed by atoms with van der Waals surface area (Å²) in [7, 11) is 0. The monoisotopic (exact) mass is 306 g/mol. The number of hydrogen-bond acceptors (Lipinski definition) is 3. The van der Waals surface area contributed by atoms with Gasteiger partial charge in [-0.2, -0.15) is 0 Å². The van der Waals surface area contributed by atoms with Crippen LogP contribution in [0.25, 0.3) is 0 Å². The summed E-state index contributed by atoms with van der Waals surface area (Å²) in [5.41, 5.74) is 7.69. The number of nitrogens with two attached hydrogens (primary N) is 1. The van der Waals surface area contributed by atoms with Crippen LogP contribution in [0, 0.1) is 0 Å². The molecule has 0 saturated carbocycles. The first-order chi connectivity index (χ1) is 8.79. The molecule has 0 unspecified atom stereocenters. The highest BCUT2D eigenvalue weighted by molar-refractivity contribution is 9.10. The summed E-state index contributed by atoms with van der Waals surface area (Å²) >= 11 is 3.48. The molecule has 0 amide bonds. The first-order valence-corrected chi connectivity index (χ1v) is 6.60. The molecule has 0 aliphatic heterocycles. The predicted octanol–water partition coefficient (Wildman–Crippen LogP) is 2.92. The van der Waals surface area contributed by atoms with Crippen molar-refractivity contribution in [2.45, 2.75) is 13.0 Å². The topological polar surface area (TPSA) is 48.1 Å². The van der Waals surface area contributed by atoms with Gasteiger partial charge in [0.05, 0.1) is 11.1 Å². The molecule has 18 heavy (non-hydrogen) atoms. The molecular formula is C14H15BrN2O. The molecule has 2 rings (SSSR count). The van der Waals surface area contributed by atoms with E-state index in [0.717, 1.165) is 27.9 Å². The molecule has 1 heterocycles. The number of halogens is 1. The Hall–Kier alpha value is -1.39. The lowest BCUT2D eigenvalue weighted by molar-refractivity contribution is 0.318. The first kappa shape index (κ1) is 13.1. The molecule has 1 aromatic heterocycles. The minimum Gasteiger partial charge on any atom is -0.492 e. The van der Waals surface area contributed by atoms with E-state index in [-0.39, 0.29) is 0 Å². The van der Waals surface area contributed by atoms with Crippen LogP contribution in [0.2, 0.25) is 0 Å². The van der Waals surface area contributed by atoms with Crippen LogP contribution in [0.5, 0.6) is 5.75 Å². The van der Waals surface area contributed by atoms with Gasteiger partial charge < -0.3 is 10.5 Å². The fourth-order valence-corrected chi connectivity index (χ4v) is 2.14. The van der Waals surface area contributed by atoms with Crippen molar-refractivity contribution >= 4 is 15.9 Å². The highest BCUT2D eigenvalue weighted by atomic mass is 79.9. The molecule has 0 atom stereocenters. The van der Waals surface area contributed by atoms with Gasteiger partial charge in [0.1, 0.15) is 5.75 Å². The van der Waals surface area contributed by atoms with Crippen LogP contribution in [0.1, 0.15) is 11.3 Å². The third-order valence-electron chi connectivity index (χ3n) is 2.57. The van der Waals surface area contributed by atoms with Gasteiger partial charge in [-0.15, -0.1) is 0 Å². The summed E-state index contributed by atoms with van der Waals surface area (Å²) in [6.45, 7) is 1.14. The number of aromatic nitrogens is 1. The Labute approximate surface area is 115 Å². The standard InChI is InChI=1S/C14H15BrN2O/c15-13-9-11(10-16)4-5-14(13)18-8-6-12-3-1-2-7-17-12/h1-5,7,9H,6,8,10,16H2. The van der Waals surface area contributed by atoms with Crippen LogP contribution in [-0.2, 0) is 13.0 Å². The van der Waals surface area contributed by atoms with Gasteiger partial charge in [0.25, 0.3) is 0 Å². The molecule has 0 spiro atoms. The van der Waals surface area contributed by atoms with E-state index in [1.165, 1.54) is 0 Å². The maximum Gasteiger partial charge on any atom is 0.133 e. The van der Waals surface area contributed by atoms with E-state index in [2.05, 4.69) is 20.9 Å². The molecule has 3 nitrogen and oxygen atoms in total. The fourth-order valence-electron chi connectivity index (χ4n) is 1.60. The Bertz CT molecular complexity index is 502.